The van der Waals surface area contributed by atoms with Gasteiger partial charge in [-0.1, -0.05) is 96.5 Å². The van der Waals surface area contributed by atoms with E-state index < -0.39 is 24.0 Å². The van der Waals surface area contributed by atoms with Gasteiger partial charge in [-0.3, -0.25) is 4.79 Å². The summed E-state index contributed by atoms with van der Waals surface area (Å²) >= 11 is 3.23. The molecule has 0 radical (unpaired) electrons. The molecule has 0 bridgehead atoms. The molecule has 0 saturated carbocycles. The van der Waals surface area contributed by atoms with Gasteiger partial charge >= 0.3 is 6.18 Å². The maximum Gasteiger partial charge on any atom is 0.406 e. The quantitative estimate of drug-likeness (QED) is 0.0852. The number of fused-ring (bicyclic) bond motifs is 3. The Balaban J connectivity index is 1.31. The number of nitrogens with zero attached hydrogens (tertiary/aromatic N) is 2. The lowest BCUT2D eigenvalue weighted by molar-refractivity contribution is -0.165. The maximum atomic E-state index is 15.0. The summed E-state index contributed by atoms with van der Waals surface area (Å²) in [5.74, 6) is 1.09. The van der Waals surface area contributed by atoms with E-state index in [0.717, 1.165) is 54.8 Å². The van der Waals surface area contributed by atoms with Crippen molar-refractivity contribution in [2.45, 2.75) is 55.3 Å². The predicted molar refractivity (Wildman–Crippen MR) is 189 cm³/mol. The first-order chi connectivity index (χ1) is 23.7. The van der Waals surface area contributed by atoms with Crippen molar-refractivity contribution in [1.82, 2.24) is 9.88 Å². The smallest absolute Gasteiger partial charge is 0.406 e. The molecule has 0 atom stereocenters. The number of ether oxygens (including phenoxy) is 2. The summed E-state index contributed by atoms with van der Waals surface area (Å²) in [4.78, 5) is 20.3. The number of thioether (sulfide) groups is 1. The fraction of sp³-hybridized carbons (Fsp3) is 0.282. The Morgan fingerprint density at radius 1 is 0.939 bits per heavy atom. The summed E-state index contributed by atoms with van der Waals surface area (Å²) in [7, 11) is 1.47. The van der Waals surface area contributed by atoms with Gasteiger partial charge < -0.3 is 14.4 Å². The van der Waals surface area contributed by atoms with Gasteiger partial charge in [0.15, 0.2) is 0 Å². The van der Waals surface area contributed by atoms with Crippen LogP contribution in [0.15, 0.2) is 107 Å². The first-order valence-electron chi connectivity index (χ1n) is 16.1. The average molecular weight is 703 g/mol. The second kappa shape index (κ2) is 15.1. The molecule has 10 heteroatoms. The number of rotatable bonds is 14. The van der Waals surface area contributed by atoms with Gasteiger partial charge in [0.05, 0.1) is 7.11 Å². The van der Waals surface area contributed by atoms with Crippen LogP contribution in [0.3, 0.4) is 0 Å². The van der Waals surface area contributed by atoms with Crippen molar-refractivity contribution >= 4 is 29.0 Å². The van der Waals surface area contributed by atoms with Crippen molar-refractivity contribution in [2.24, 2.45) is 0 Å². The van der Waals surface area contributed by atoms with Gasteiger partial charge in [-0.25, -0.2) is 4.98 Å². The number of alkyl halides is 3. The van der Waals surface area contributed by atoms with Gasteiger partial charge in [-0.2, -0.15) is 13.2 Å². The molecule has 0 N–H and O–H groups in total. The van der Waals surface area contributed by atoms with E-state index in [1.165, 1.54) is 7.11 Å². The lowest BCUT2D eigenvalue weighted by atomic mass is 9.73. The SMILES string of the molecule is COc1cc(OCc2ccc(C)cc2)ccc1CN(CC(F)(F)F)C(=O)C1(CCCCSc2nccs2)c2ccccc2-c2ccccc21. The van der Waals surface area contributed by atoms with E-state index >= 15 is 4.79 Å². The number of hydrogen-bond donors (Lipinski definition) is 0. The summed E-state index contributed by atoms with van der Waals surface area (Å²) in [6.45, 7) is 0.654. The summed E-state index contributed by atoms with van der Waals surface area (Å²) in [6, 6.07) is 28.2. The number of thiazole rings is 1. The number of carbonyl (C=O) groups is 1. The van der Waals surface area contributed by atoms with Crippen molar-refractivity contribution in [3.8, 4) is 22.6 Å². The summed E-state index contributed by atoms with van der Waals surface area (Å²) in [5, 5.41) is 1.93. The molecule has 254 valence electrons. The number of unbranched alkanes of at least 4 members (excludes halogenated alkanes) is 1. The highest BCUT2D eigenvalue weighted by Gasteiger charge is 2.51. The van der Waals surface area contributed by atoms with Gasteiger partial charge in [0, 0.05) is 35.5 Å². The number of benzene rings is 4. The normalized spacial score (nSPS) is 13.1. The first kappa shape index (κ1) is 34.6. The number of methoxy groups -OCH3 is 1. The minimum Gasteiger partial charge on any atom is -0.496 e. The molecule has 5 nitrogen and oxygen atoms in total. The molecule has 49 heavy (non-hydrogen) atoms. The molecular formula is C39H37F3N2O3S2. The minimum absolute atomic E-state index is 0.286. The highest BCUT2D eigenvalue weighted by atomic mass is 32.2. The number of carbonyl (C=O) groups excluding carboxylic acids is 1. The van der Waals surface area contributed by atoms with E-state index in [4.69, 9.17) is 9.47 Å². The van der Waals surface area contributed by atoms with Crippen LogP contribution in [0.2, 0.25) is 0 Å². The molecule has 4 aromatic carbocycles. The average Bonchev–Trinajstić information content (AvgIpc) is 3.72. The monoisotopic (exact) mass is 702 g/mol. The van der Waals surface area contributed by atoms with Crippen molar-refractivity contribution < 1.29 is 27.4 Å². The third-order valence-corrected chi connectivity index (χ3v) is 10.9. The van der Waals surface area contributed by atoms with Crippen molar-refractivity contribution in [3.63, 3.8) is 0 Å². The second-order valence-electron chi connectivity index (χ2n) is 12.1. The Hall–Kier alpha value is -4.28. The number of hydrogen-bond acceptors (Lipinski definition) is 6. The topological polar surface area (TPSA) is 51.7 Å². The van der Waals surface area contributed by atoms with Gasteiger partial charge in [-0.05, 0) is 59.7 Å². The number of halogens is 3. The second-order valence-corrected chi connectivity index (χ2v) is 14.4. The lowest BCUT2D eigenvalue weighted by Crippen LogP contribution is -2.49. The highest BCUT2D eigenvalue weighted by molar-refractivity contribution is 8.00. The van der Waals surface area contributed by atoms with E-state index in [-0.39, 0.29) is 6.54 Å². The van der Waals surface area contributed by atoms with Crippen LogP contribution in [-0.2, 0) is 23.4 Å². The Morgan fingerprint density at radius 3 is 2.27 bits per heavy atom. The summed E-state index contributed by atoms with van der Waals surface area (Å²) < 4.78 is 55.6. The molecule has 0 fully saturated rings. The molecule has 5 aromatic rings. The van der Waals surface area contributed by atoms with E-state index in [2.05, 4.69) is 4.98 Å². The Bertz CT molecular complexity index is 1830. The Morgan fingerprint density at radius 2 is 1.63 bits per heavy atom. The first-order valence-corrected chi connectivity index (χ1v) is 18.0. The zero-order chi connectivity index (χ0) is 34.4. The molecule has 1 heterocycles. The number of aryl methyl sites for hydroxylation is 1. The van der Waals surface area contributed by atoms with Crippen LogP contribution in [0, 0.1) is 6.92 Å². The fourth-order valence-electron chi connectivity index (χ4n) is 6.55. The van der Waals surface area contributed by atoms with Gasteiger partial charge in [0.1, 0.15) is 34.4 Å². The fourth-order valence-corrected chi connectivity index (χ4v) is 8.26. The summed E-state index contributed by atoms with van der Waals surface area (Å²) in [5.41, 5.74) is 4.54. The van der Waals surface area contributed by atoms with E-state index in [1.807, 2.05) is 85.1 Å². The van der Waals surface area contributed by atoms with Crippen LogP contribution in [-0.4, -0.2) is 41.4 Å². The minimum atomic E-state index is -4.62. The van der Waals surface area contributed by atoms with Gasteiger partial charge in [-0.15, -0.1) is 11.3 Å². The van der Waals surface area contributed by atoms with Crippen molar-refractivity contribution in [2.75, 3.05) is 19.4 Å². The molecule has 1 amide bonds. The molecule has 1 aromatic heterocycles. The van der Waals surface area contributed by atoms with Gasteiger partial charge in [0.2, 0.25) is 5.91 Å². The van der Waals surface area contributed by atoms with Crippen LogP contribution in [0.25, 0.3) is 11.1 Å². The Kier molecular flexibility index (Phi) is 10.6. The van der Waals surface area contributed by atoms with Crippen molar-refractivity contribution in [1.29, 1.82) is 0 Å². The molecule has 6 rings (SSSR count). The summed E-state index contributed by atoms with van der Waals surface area (Å²) in [6.07, 6.45) is -1.06. The zero-order valence-electron chi connectivity index (χ0n) is 27.3. The van der Waals surface area contributed by atoms with Gasteiger partial charge in [0.25, 0.3) is 0 Å². The van der Waals surface area contributed by atoms with Crippen LogP contribution in [0.4, 0.5) is 13.2 Å². The molecule has 1 aliphatic rings. The van der Waals surface area contributed by atoms with Crippen LogP contribution in [0.5, 0.6) is 11.5 Å². The molecule has 0 spiro atoms. The number of amides is 1. The Labute approximate surface area is 293 Å². The van der Waals surface area contributed by atoms with Crippen molar-refractivity contribution in [3.05, 3.63) is 130 Å². The van der Waals surface area contributed by atoms with E-state index in [9.17, 15) is 13.2 Å². The lowest BCUT2D eigenvalue weighted by Gasteiger charge is -2.37. The maximum absolute atomic E-state index is 15.0. The zero-order valence-corrected chi connectivity index (χ0v) is 29.0. The van der Waals surface area contributed by atoms with E-state index in [0.29, 0.717) is 36.5 Å². The molecular weight excluding hydrogens is 666 g/mol. The highest BCUT2D eigenvalue weighted by Crippen LogP contribution is 2.53. The predicted octanol–water partition coefficient (Wildman–Crippen LogP) is 9.86. The molecule has 0 saturated heterocycles. The van der Waals surface area contributed by atoms with Crippen LogP contribution >= 0.6 is 23.1 Å². The standard InChI is InChI=1S/C39H37F3N2O3S2/c1-27-13-15-28(16-14-27)25-47-30-18-17-29(35(23-30)46-2)24-44(26-39(40,41)42)36(45)38(19-7-8-21-48-37-43-20-22-49-37)33-11-5-3-9-31(33)32-10-4-6-12-34(32)38/h3-6,9-18,20,22-23H,7-8,19,21,24-26H2,1-2H3. The number of aromatic nitrogens is 1. The third-order valence-electron chi connectivity index (χ3n) is 8.81. The molecule has 1 aliphatic carbocycles. The van der Waals surface area contributed by atoms with Crippen LogP contribution in [0.1, 0.15) is 47.1 Å². The molecule has 0 unspecified atom stereocenters. The van der Waals surface area contributed by atoms with Crippen LogP contribution < -0.4 is 9.47 Å². The third kappa shape index (κ3) is 7.81. The van der Waals surface area contributed by atoms with E-state index in [1.54, 1.807) is 47.5 Å². The largest absolute Gasteiger partial charge is 0.496 e. The molecule has 0 aliphatic heterocycles.